The van der Waals surface area contributed by atoms with Crippen molar-refractivity contribution in [2.24, 2.45) is 11.8 Å². The lowest BCUT2D eigenvalue weighted by molar-refractivity contribution is 0.569. The van der Waals surface area contributed by atoms with Crippen LogP contribution in [0.1, 0.15) is 65.5 Å². The van der Waals surface area contributed by atoms with E-state index in [1.54, 1.807) is 0 Å². The highest BCUT2D eigenvalue weighted by atomic mass is 15.2. The molecule has 0 bridgehead atoms. The number of nitrogens with zero attached hydrogens (tertiary/aromatic N) is 3. The molecule has 0 aliphatic heterocycles. The van der Waals surface area contributed by atoms with Crippen molar-refractivity contribution in [2.75, 3.05) is 11.9 Å². The van der Waals surface area contributed by atoms with Crippen molar-refractivity contribution >= 4 is 5.95 Å². The first-order chi connectivity index (χ1) is 8.88. The first kappa shape index (κ1) is 15.9. The summed E-state index contributed by atoms with van der Waals surface area (Å²) >= 11 is 0. The molecule has 0 atom stereocenters. The van der Waals surface area contributed by atoms with E-state index in [9.17, 15) is 0 Å². The van der Waals surface area contributed by atoms with Crippen LogP contribution in [0.4, 0.5) is 5.95 Å². The van der Waals surface area contributed by atoms with Crippen molar-refractivity contribution in [1.29, 1.82) is 0 Å². The molecule has 0 saturated carbocycles. The minimum atomic E-state index is 0.334. The van der Waals surface area contributed by atoms with Gasteiger partial charge in [-0.05, 0) is 18.3 Å². The first-order valence-corrected chi connectivity index (χ1v) is 7.37. The van der Waals surface area contributed by atoms with Gasteiger partial charge < -0.3 is 5.32 Å². The molecule has 0 aliphatic rings. The van der Waals surface area contributed by atoms with Gasteiger partial charge in [-0.3, -0.25) is 0 Å². The Hall–Kier alpha value is -1.19. The van der Waals surface area contributed by atoms with Gasteiger partial charge in [0.25, 0.3) is 0 Å². The van der Waals surface area contributed by atoms with E-state index < -0.39 is 0 Å². The molecule has 0 fully saturated rings. The van der Waals surface area contributed by atoms with Crippen molar-refractivity contribution in [3.05, 3.63) is 11.6 Å². The molecule has 0 unspecified atom stereocenters. The number of anilines is 1. The third-order valence-electron chi connectivity index (χ3n) is 2.83. The second-order valence-corrected chi connectivity index (χ2v) is 6.30. The summed E-state index contributed by atoms with van der Waals surface area (Å²) in [5.74, 6) is 4.12. The standard InChI is InChI=1S/C15H28N4/c1-10(2)7-8-13-17-14(12(5)6)19-15(18-13)16-9-11(3)4/h10-12H,7-9H2,1-6H3,(H,16,17,18,19). The van der Waals surface area contributed by atoms with Crippen molar-refractivity contribution in [2.45, 2.75) is 60.3 Å². The van der Waals surface area contributed by atoms with Gasteiger partial charge in [0.1, 0.15) is 11.6 Å². The minimum Gasteiger partial charge on any atom is -0.354 e. The van der Waals surface area contributed by atoms with Crippen molar-refractivity contribution in [1.82, 2.24) is 15.0 Å². The summed E-state index contributed by atoms with van der Waals surface area (Å²) in [6.45, 7) is 13.9. The largest absolute Gasteiger partial charge is 0.354 e. The second-order valence-electron chi connectivity index (χ2n) is 6.30. The Balaban J connectivity index is 2.84. The van der Waals surface area contributed by atoms with Crippen LogP contribution >= 0.6 is 0 Å². The van der Waals surface area contributed by atoms with E-state index in [0.29, 0.717) is 17.8 Å². The number of aryl methyl sites for hydroxylation is 1. The predicted octanol–water partition coefficient (Wildman–Crippen LogP) is 3.65. The van der Waals surface area contributed by atoms with Crippen LogP contribution in [-0.4, -0.2) is 21.5 Å². The van der Waals surface area contributed by atoms with E-state index in [0.717, 1.165) is 37.0 Å². The molecule has 1 rings (SSSR count). The van der Waals surface area contributed by atoms with Gasteiger partial charge in [0.2, 0.25) is 5.95 Å². The van der Waals surface area contributed by atoms with Gasteiger partial charge >= 0.3 is 0 Å². The summed E-state index contributed by atoms with van der Waals surface area (Å²) in [6, 6.07) is 0. The zero-order valence-corrected chi connectivity index (χ0v) is 13.2. The lowest BCUT2D eigenvalue weighted by atomic mass is 10.1. The Morgan fingerprint density at radius 1 is 0.895 bits per heavy atom. The zero-order chi connectivity index (χ0) is 14.4. The second kappa shape index (κ2) is 7.41. The molecule has 1 heterocycles. The number of hydrogen-bond donors (Lipinski definition) is 1. The van der Waals surface area contributed by atoms with E-state index in [-0.39, 0.29) is 0 Å². The molecule has 0 aliphatic carbocycles. The van der Waals surface area contributed by atoms with E-state index in [2.05, 4.69) is 61.8 Å². The molecule has 1 N–H and O–H groups in total. The molecule has 4 heteroatoms. The molecule has 0 spiro atoms. The molecule has 1 aromatic rings. The molecule has 108 valence electrons. The third kappa shape index (κ3) is 5.99. The van der Waals surface area contributed by atoms with Crippen LogP contribution in [0.15, 0.2) is 0 Å². The average molecular weight is 264 g/mol. The van der Waals surface area contributed by atoms with Gasteiger partial charge in [-0.1, -0.05) is 41.5 Å². The average Bonchev–Trinajstić information content (AvgIpc) is 2.33. The zero-order valence-electron chi connectivity index (χ0n) is 13.2. The predicted molar refractivity (Wildman–Crippen MR) is 80.4 cm³/mol. The van der Waals surface area contributed by atoms with Crippen LogP contribution in [0, 0.1) is 11.8 Å². The van der Waals surface area contributed by atoms with Gasteiger partial charge in [-0.2, -0.15) is 9.97 Å². The summed E-state index contributed by atoms with van der Waals surface area (Å²) in [5, 5.41) is 3.31. The molecule has 0 saturated heterocycles. The summed E-state index contributed by atoms with van der Waals surface area (Å²) in [4.78, 5) is 13.6. The normalized spacial score (nSPS) is 11.6. The SMILES string of the molecule is CC(C)CCc1nc(NCC(C)C)nc(C(C)C)n1. The van der Waals surface area contributed by atoms with Crippen molar-refractivity contribution < 1.29 is 0 Å². The van der Waals surface area contributed by atoms with Crippen molar-refractivity contribution in [3.63, 3.8) is 0 Å². The molecule has 0 amide bonds. The fourth-order valence-electron chi connectivity index (χ4n) is 1.60. The maximum absolute atomic E-state index is 4.57. The summed E-state index contributed by atoms with van der Waals surface area (Å²) in [7, 11) is 0. The van der Waals surface area contributed by atoms with Crippen LogP contribution in [0.3, 0.4) is 0 Å². The van der Waals surface area contributed by atoms with Gasteiger partial charge in [0.05, 0.1) is 0 Å². The number of hydrogen-bond acceptors (Lipinski definition) is 4. The van der Waals surface area contributed by atoms with E-state index in [1.165, 1.54) is 0 Å². The highest BCUT2D eigenvalue weighted by molar-refractivity contribution is 5.25. The Bertz CT molecular complexity index is 355. The van der Waals surface area contributed by atoms with Crippen LogP contribution in [0.25, 0.3) is 0 Å². The molecule has 4 nitrogen and oxygen atoms in total. The molecular formula is C15H28N4. The minimum absolute atomic E-state index is 0.334. The van der Waals surface area contributed by atoms with Crippen LogP contribution in [0.2, 0.25) is 0 Å². The van der Waals surface area contributed by atoms with Gasteiger partial charge in [0.15, 0.2) is 0 Å². The van der Waals surface area contributed by atoms with Gasteiger partial charge in [0, 0.05) is 18.9 Å². The van der Waals surface area contributed by atoms with Crippen molar-refractivity contribution in [3.8, 4) is 0 Å². The maximum Gasteiger partial charge on any atom is 0.226 e. The fourth-order valence-corrected chi connectivity index (χ4v) is 1.60. The van der Waals surface area contributed by atoms with E-state index in [4.69, 9.17) is 0 Å². The van der Waals surface area contributed by atoms with Crippen LogP contribution < -0.4 is 5.32 Å². The Morgan fingerprint density at radius 2 is 1.58 bits per heavy atom. The summed E-state index contributed by atoms with van der Waals surface area (Å²) in [6.07, 6.45) is 2.04. The fraction of sp³-hybridized carbons (Fsp3) is 0.800. The lowest BCUT2D eigenvalue weighted by Gasteiger charge is -2.12. The molecule has 0 aromatic carbocycles. The maximum atomic E-state index is 4.57. The topological polar surface area (TPSA) is 50.7 Å². The lowest BCUT2D eigenvalue weighted by Crippen LogP contribution is -2.14. The molecule has 0 radical (unpaired) electrons. The Kier molecular flexibility index (Phi) is 6.19. The summed E-state index contributed by atoms with van der Waals surface area (Å²) in [5.41, 5.74) is 0. The highest BCUT2D eigenvalue weighted by Gasteiger charge is 2.10. The smallest absolute Gasteiger partial charge is 0.226 e. The quantitative estimate of drug-likeness (QED) is 0.816. The highest BCUT2D eigenvalue weighted by Crippen LogP contribution is 2.13. The molecule has 19 heavy (non-hydrogen) atoms. The Labute approximate surface area is 117 Å². The number of aromatic nitrogens is 3. The molecular weight excluding hydrogens is 236 g/mol. The van der Waals surface area contributed by atoms with Gasteiger partial charge in [-0.25, -0.2) is 4.98 Å². The first-order valence-electron chi connectivity index (χ1n) is 7.37. The van der Waals surface area contributed by atoms with Crippen LogP contribution in [-0.2, 0) is 6.42 Å². The third-order valence-corrected chi connectivity index (χ3v) is 2.83. The number of rotatable bonds is 7. The van der Waals surface area contributed by atoms with E-state index in [1.807, 2.05) is 0 Å². The molecule has 1 aromatic heterocycles. The van der Waals surface area contributed by atoms with Gasteiger partial charge in [-0.15, -0.1) is 0 Å². The van der Waals surface area contributed by atoms with E-state index >= 15 is 0 Å². The van der Waals surface area contributed by atoms with Crippen LogP contribution in [0.5, 0.6) is 0 Å². The summed E-state index contributed by atoms with van der Waals surface area (Å²) < 4.78 is 0. The monoisotopic (exact) mass is 264 g/mol. The number of nitrogens with one attached hydrogen (secondary N) is 1. The Morgan fingerprint density at radius 3 is 2.11 bits per heavy atom.